The van der Waals surface area contributed by atoms with E-state index in [9.17, 15) is 14.4 Å². The van der Waals surface area contributed by atoms with Crippen LogP contribution in [0.2, 0.25) is 5.02 Å². The Morgan fingerprint density at radius 3 is 2.81 bits per heavy atom. The average molecular weight is 449 g/mol. The first-order chi connectivity index (χ1) is 15.4. The van der Waals surface area contributed by atoms with Gasteiger partial charge >= 0.3 is 0 Å². The van der Waals surface area contributed by atoms with Crippen LogP contribution in [-0.4, -0.2) is 54.3 Å². The topological polar surface area (TPSA) is 82.6 Å². The number of likely N-dealkylation sites (N-methyl/N-ethyl adjacent to an activating group) is 1. The van der Waals surface area contributed by atoms with E-state index < -0.39 is 5.41 Å². The summed E-state index contributed by atoms with van der Waals surface area (Å²) in [4.78, 5) is 46.8. The SMILES string of the molecule is CNC(=O)CN1C[C@@]2(CCN(c3cncc4ccccc34)C2=O)c2cc(Cl)ccc2C1=O. The number of aromatic nitrogens is 1. The summed E-state index contributed by atoms with van der Waals surface area (Å²) in [7, 11) is 1.52. The third-order valence-corrected chi connectivity index (χ3v) is 6.68. The Balaban J connectivity index is 1.62. The molecule has 0 bridgehead atoms. The van der Waals surface area contributed by atoms with E-state index in [1.54, 1.807) is 35.5 Å². The number of carbonyl (C=O) groups excluding carboxylic acids is 3. The zero-order chi connectivity index (χ0) is 22.5. The molecule has 1 spiro atoms. The number of halogens is 1. The zero-order valence-electron chi connectivity index (χ0n) is 17.5. The third-order valence-electron chi connectivity index (χ3n) is 6.44. The highest BCUT2D eigenvalue weighted by Gasteiger charge is 2.54. The molecule has 2 aromatic carbocycles. The normalized spacial score (nSPS) is 20.2. The number of amides is 3. The van der Waals surface area contributed by atoms with Crippen LogP contribution in [-0.2, 0) is 15.0 Å². The first kappa shape index (κ1) is 20.5. The van der Waals surface area contributed by atoms with Crippen LogP contribution in [0.15, 0.2) is 54.9 Å². The van der Waals surface area contributed by atoms with Gasteiger partial charge in [0.2, 0.25) is 11.8 Å². The summed E-state index contributed by atoms with van der Waals surface area (Å²) in [5, 5.41) is 4.90. The Kier molecular flexibility index (Phi) is 4.86. The van der Waals surface area contributed by atoms with Gasteiger partial charge in [0.1, 0.15) is 0 Å². The maximum absolute atomic E-state index is 14.0. The van der Waals surface area contributed by atoms with Gasteiger partial charge in [-0.2, -0.15) is 0 Å². The van der Waals surface area contributed by atoms with E-state index in [0.29, 0.717) is 29.1 Å². The fourth-order valence-electron chi connectivity index (χ4n) is 4.84. The molecule has 7 nitrogen and oxygen atoms in total. The molecule has 1 N–H and O–H groups in total. The lowest BCUT2D eigenvalue weighted by molar-refractivity contribution is -0.125. The number of nitrogens with one attached hydrogen (secondary N) is 1. The van der Waals surface area contributed by atoms with E-state index in [2.05, 4.69) is 10.3 Å². The van der Waals surface area contributed by atoms with Gasteiger partial charge in [0, 0.05) is 47.7 Å². The second kappa shape index (κ2) is 7.60. The Hall–Kier alpha value is -3.45. The van der Waals surface area contributed by atoms with Crippen molar-refractivity contribution in [3.05, 3.63) is 71.0 Å². The van der Waals surface area contributed by atoms with Crippen molar-refractivity contribution < 1.29 is 14.4 Å². The summed E-state index contributed by atoms with van der Waals surface area (Å²) in [6.07, 6.45) is 3.98. The molecule has 3 amide bonds. The van der Waals surface area contributed by atoms with Crippen molar-refractivity contribution in [1.29, 1.82) is 0 Å². The number of hydrogen-bond donors (Lipinski definition) is 1. The number of nitrogens with zero attached hydrogens (tertiary/aromatic N) is 3. The number of fused-ring (bicyclic) bond motifs is 3. The van der Waals surface area contributed by atoms with Crippen LogP contribution < -0.4 is 10.2 Å². The van der Waals surface area contributed by atoms with Crippen LogP contribution in [0.3, 0.4) is 0 Å². The van der Waals surface area contributed by atoms with Gasteiger partial charge in [-0.15, -0.1) is 0 Å². The lowest BCUT2D eigenvalue weighted by atomic mass is 9.73. The predicted octanol–water partition coefficient (Wildman–Crippen LogP) is 2.76. The van der Waals surface area contributed by atoms with Gasteiger partial charge < -0.3 is 15.1 Å². The van der Waals surface area contributed by atoms with Crippen LogP contribution in [0.5, 0.6) is 0 Å². The number of carbonyl (C=O) groups is 3. The number of hydrogen-bond acceptors (Lipinski definition) is 4. The van der Waals surface area contributed by atoms with Crippen molar-refractivity contribution in [2.45, 2.75) is 11.8 Å². The summed E-state index contributed by atoms with van der Waals surface area (Å²) in [6.45, 7) is 0.491. The Morgan fingerprint density at radius 2 is 2.00 bits per heavy atom. The standard InChI is InChI=1S/C24H21ClN4O3/c1-26-21(30)13-28-14-24(19-10-16(25)6-7-18(19)22(28)31)8-9-29(23(24)32)20-12-27-11-15-4-2-3-5-17(15)20/h2-7,10-12H,8-9,13-14H2,1H3,(H,26,30)/t24-/m0/s1. The van der Waals surface area contributed by atoms with Gasteiger partial charge in [0.15, 0.2) is 0 Å². The minimum atomic E-state index is -0.973. The average Bonchev–Trinajstić information content (AvgIpc) is 3.13. The van der Waals surface area contributed by atoms with Gasteiger partial charge in [-0.25, -0.2) is 0 Å². The molecular weight excluding hydrogens is 428 g/mol. The van der Waals surface area contributed by atoms with Gasteiger partial charge in [-0.1, -0.05) is 35.9 Å². The Bertz CT molecular complexity index is 1270. The maximum Gasteiger partial charge on any atom is 0.254 e. The van der Waals surface area contributed by atoms with Crippen molar-refractivity contribution in [2.75, 3.05) is 31.6 Å². The monoisotopic (exact) mass is 448 g/mol. The van der Waals surface area contributed by atoms with E-state index in [0.717, 1.165) is 16.5 Å². The number of anilines is 1. The van der Waals surface area contributed by atoms with Crippen LogP contribution in [0.25, 0.3) is 10.8 Å². The molecule has 0 saturated carbocycles. The fraction of sp³-hybridized carbons (Fsp3) is 0.250. The van der Waals surface area contributed by atoms with E-state index in [1.807, 2.05) is 24.3 Å². The fourth-order valence-corrected chi connectivity index (χ4v) is 5.02. The molecule has 1 atom stereocenters. The Morgan fingerprint density at radius 1 is 1.19 bits per heavy atom. The van der Waals surface area contributed by atoms with Gasteiger partial charge in [0.05, 0.1) is 23.8 Å². The smallest absolute Gasteiger partial charge is 0.254 e. The first-order valence-electron chi connectivity index (χ1n) is 10.4. The molecule has 1 fully saturated rings. The van der Waals surface area contributed by atoms with Crippen molar-refractivity contribution in [1.82, 2.24) is 15.2 Å². The zero-order valence-corrected chi connectivity index (χ0v) is 18.2. The number of benzene rings is 2. The largest absolute Gasteiger partial charge is 0.358 e. The summed E-state index contributed by atoms with van der Waals surface area (Å²) in [6, 6.07) is 12.8. The second-order valence-corrected chi connectivity index (χ2v) is 8.63. The minimum absolute atomic E-state index is 0.109. The second-order valence-electron chi connectivity index (χ2n) is 8.19. The minimum Gasteiger partial charge on any atom is -0.358 e. The number of rotatable bonds is 3. The molecule has 3 heterocycles. The molecule has 1 aromatic heterocycles. The van der Waals surface area contributed by atoms with E-state index >= 15 is 0 Å². The molecule has 1 saturated heterocycles. The first-order valence-corrected chi connectivity index (χ1v) is 10.8. The summed E-state index contributed by atoms with van der Waals surface area (Å²) < 4.78 is 0. The molecule has 32 heavy (non-hydrogen) atoms. The highest BCUT2D eigenvalue weighted by Crippen LogP contribution is 2.45. The predicted molar refractivity (Wildman–Crippen MR) is 122 cm³/mol. The van der Waals surface area contributed by atoms with E-state index in [4.69, 9.17) is 11.6 Å². The molecule has 2 aliphatic rings. The molecule has 8 heteroatoms. The van der Waals surface area contributed by atoms with E-state index in [1.165, 1.54) is 11.9 Å². The van der Waals surface area contributed by atoms with Crippen LogP contribution >= 0.6 is 11.6 Å². The summed E-state index contributed by atoms with van der Waals surface area (Å²) in [5.74, 6) is -0.677. The third kappa shape index (κ3) is 3.04. The molecule has 5 rings (SSSR count). The van der Waals surface area contributed by atoms with Gasteiger partial charge in [0.25, 0.3) is 5.91 Å². The quantitative estimate of drug-likeness (QED) is 0.668. The maximum atomic E-state index is 14.0. The van der Waals surface area contributed by atoms with Crippen molar-refractivity contribution in [3.63, 3.8) is 0 Å². The molecule has 3 aromatic rings. The molecule has 0 radical (unpaired) electrons. The lowest BCUT2D eigenvalue weighted by Gasteiger charge is -2.40. The number of pyridine rings is 1. The van der Waals surface area contributed by atoms with Crippen LogP contribution in [0, 0.1) is 0 Å². The molecule has 0 aliphatic carbocycles. The van der Waals surface area contributed by atoms with E-state index in [-0.39, 0.29) is 30.8 Å². The molecular formula is C24H21ClN4O3. The lowest BCUT2D eigenvalue weighted by Crippen LogP contribution is -2.55. The van der Waals surface area contributed by atoms with Crippen molar-refractivity contribution in [3.8, 4) is 0 Å². The molecule has 2 aliphatic heterocycles. The molecule has 0 unspecified atom stereocenters. The summed E-state index contributed by atoms with van der Waals surface area (Å²) in [5.41, 5.74) is 0.807. The molecule has 162 valence electrons. The highest BCUT2D eigenvalue weighted by atomic mass is 35.5. The van der Waals surface area contributed by atoms with Crippen molar-refractivity contribution >= 4 is 45.8 Å². The summed E-state index contributed by atoms with van der Waals surface area (Å²) >= 11 is 6.28. The van der Waals surface area contributed by atoms with Gasteiger partial charge in [-0.05, 0) is 30.2 Å². The highest BCUT2D eigenvalue weighted by molar-refractivity contribution is 6.31. The van der Waals surface area contributed by atoms with Crippen molar-refractivity contribution in [2.24, 2.45) is 0 Å². The van der Waals surface area contributed by atoms with Crippen LogP contribution in [0.1, 0.15) is 22.3 Å². The Labute approximate surface area is 190 Å². The van der Waals surface area contributed by atoms with Crippen LogP contribution in [0.4, 0.5) is 5.69 Å². The van der Waals surface area contributed by atoms with Gasteiger partial charge in [-0.3, -0.25) is 19.4 Å².